The molecule has 0 aliphatic carbocycles. The van der Waals surface area contributed by atoms with Crippen LogP contribution in [-0.2, 0) is 19.5 Å². The van der Waals surface area contributed by atoms with Crippen molar-refractivity contribution in [2.45, 2.75) is 32.5 Å². The Morgan fingerprint density at radius 1 is 1.04 bits per heavy atom. The highest BCUT2D eigenvalue weighted by molar-refractivity contribution is 5.53. The Morgan fingerprint density at radius 2 is 1.81 bits per heavy atom. The lowest BCUT2D eigenvalue weighted by molar-refractivity contribution is 0.0849. The van der Waals surface area contributed by atoms with Gasteiger partial charge < -0.3 is 5.11 Å². The number of aliphatic hydroxyl groups is 1. The number of aryl methyl sites for hydroxylation is 1. The molecular weight excluding hydrogens is 326 g/mol. The predicted octanol–water partition coefficient (Wildman–Crippen LogP) is 2.07. The lowest BCUT2D eigenvalue weighted by Gasteiger charge is -2.30. The SMILES string of the molecule is Cc1ccc(-c2nnn(CC(O)CN3CCc4ccccc4C3)n2)cc1. The van der Waals surface area contributed by atoms with Gasteiger partial charge in [0.2, 0.25) is 5.82 Å². The van der Waals surface area contributed by atoms with Gasteiger partial charge in [-0.1, -0.05) is 54.1 Å². The first-order chi connectivity index (χ1) is 12.7. The summed E-state index contributed by atoms with van der Waals surface area (Å²) in [5.41, 5.74) is 4.90. The van der Waals surface area contributed by atoms with E-state index < -0.39 is 6.10 Å². The van der Waals surface area contributed by atoms with Crippen molar-refractivity contribution in [2.24, 2.45) is 0 Å². The first-order valence-corrected chi connectivity index (χ1v) is 8.99. The van der Waals surface area contributed by atoms with Crippen molar-refractivity contribution in [3.63, 3.8) is 0 Å². The van der Waals surface area contributed by atoms with Gasteiger partial charge in [0, 0.05) is 25.2 Å². The number of hydrogen-bond acceptors (Lipinski definition) is 5. The second-order valence-corrected chi connectivity index (χ2v) is 6.94. The molecule has 6 heteroatoms. The molecular formula is C20H23N5O. The molecule has 1 aliphatic heterocycles. The van der Waals surface area contributed by atoms with Crippen LogP contribution in [0.25, 0.3) is 11.4 Å². The molecule has 3 aromatic rings. The van der Waals surface area contributed by atoms with E-state index in [4.69, 9.17) is 0 Å². The number of tetrazole rings is 1. The zero-order chi connectivity index (χ0) is 17.9. The number of hydrogen-bond donors (Lipinski definition) is 1. The molecule has 134 valence electrons. The average Bonchev–Trinajstić information content (AvgIpc) is 3.10. The van der Waals surface area contributed by atoms with E-state index in [9.17, 15) is 5.11 Å². The van der Waals surface area contributed by atoms with Gasteiger partial charge in [0.15, 0.2) is 0 Å². The van der Waals surface area contributed by atoms with Crippen LogP contribution in [0.15, 0.2) is 48.5 Å². The van der Waals surface area contributed by atoms with Gasteiger partial charge in [0.05, 0.1) is 12.6 Å². The summed E-state index contributed by atoms with van der Waals surface area (Å²) in [6, 6.07) is 16.5. The van der Waals surface area contributed by atoms with E-state index in [0.717, 1.165) is 25.1 Å². The van der Waals surface area contributed by atoms with Crippen LogP contribution < -0.4 is 0 Å². The number of benzene rings is 2. The van der Waals surface area contributed by atoms with Crippen LogP contribution >= 0.6 is 0 Å². The Kier molecular flexibility index (Phi) is 4.77. The van der Waals surface area contributed by atoms with Crippen molar-refractivity contribution in [2.75, 3.05) is 13.1 Å². The summed E-state index contributed by atoms with van der Waals surface area (Å²) < 4.78 is 0. The molecule has 26 heavy (non-hydrogen) atoms. The molecule has 4 rings (SSSR count). The van der Waals surface area contributed by atoms with E-state index in [1.807, 2.05) is 31.2 Å². The monoisotopic (exact) mass is 349 g/mol. The first kappa shape index (κ1) is 16.9. The van der Waals surface area contributed by atoms with Crippen molar-refractivity contribution in [1.82, 2.24) is 25.1 Å². The lowest BCUT2D eigenvalue weighted by atomic mass is 10.00. The van der Waals surface area contributed by atoms with Gasteiger partial charge in [-0.05, 0) is 29.7 Å². The predicted molar refractivity (Wildman–Crippen MR) is 99.4 cm³/mol. The van der Waals surface area contributed by atoms with E-state index in [1.165, 1.54) is 21.5 Å². The van der Waals surface area contributed by atoms with E-state index in [1.54, 1.807) is 0 Å². The average molecular weight is 349 g/mol. The van der Waals surface area contributed by atoms with Gasteiger partial charge in [-0.15, -0.1) is 10.2 Å². The number of fused-ring (bicyclic) bond motifs is 1. The molecule has 1 unspecified atom stereocenters. The van der Waals surface area contributed by atoms with Gasteiger partial charge in [0.1, 0.15) is 0 Å². The van der Waals surface area contributed by atoms with E-state index >= 15 is 0 Å². The molecule has 0 fully saturated rings. The van der Waals surface area contributed by atoms with Crippen LogP contribution in [0, 0.1) is 6.92 Å². The number of aliphatic hydroxyl groups excluding tert-OH is 1. The summed E-state index contributed by atoms with van der Waals surface area (Å²) in [5, 5.41) is 23.0. The normalized spacial score (nSPS) is 15.6. The maximum atomic E-state index is 10.4. The van der Waals surface area contributed by atoms with Gasteiger partial charge in [-0.2, -0.15) is 4.80 Å². The zero-order valence-corrected chi connectivity index (χ0v) is 14.9. The number of rotatable bonds is 5. The summed E-state index contributed by atoms with van der Waals surface area (Å²) in [6.07, 6.45) is 0.502. The van der Waals surface area contributed by atoms with E-state index in [2.05, 4.69) is 44.6 Å². The highest BCUT2D eigenvalue weighted by atomic mass is 16.3. The van der Waals surface area contributed by atoms with Crippen LogP contribution in [0.1, 0.15) is 16.7 Å². The molecule has 1 aliphatic rings. The third-order valence-electron chi connectivity index (χ3n) is 4.82. The fourth-order valence-corrected chi connectivity index (χ4v) is 3.39. The molecule has 0 saturated heterocycles. The van der Waals surface area contributed by atoms with Crippen molar-refractivity contribution in [3.05, 3.63) is 65.2 Å². The fraction of sp³-hybridized carbons (Fsp3) is 0.350. The molecule has 2 aromatic carbocycles. The van der Waals surface area contributed by atoms with Gasteiger partial charge in [0.25, 0.3) is 0 Å². The minimum absolute atomic E-state index is 0.344. The highest BCUT2D eigenvalue weighted by Crippen LogP contribution is 2.19. The molecule has 0 spiro atoms. The Bertz CT molecular complexity index is 874. The van der Waals surface area contributed by atoms with Crippen LogP contribution in [0.3, 0.4) is 0 Å². The Labute approximate surface area is 153 Å². The van der Waals surface area contributed by atoms with E-state index in [-0.39, 0.29) is 0 Å². The fourth-order valence-electron chi connectivity index (χ4n) is 3.39. The summed E-state index contributed by atoms with van der Waals surface area (Å²) in [6.45, 7) is 4.84. The second-order valence-electron chi connectivity index (χ2n) is 6.94. The molecule has 0 bridgehead atoms. The molecule has 1 N–H and O–H groups in total. The highest BCUT2D eigenvalue weighted by Gasteiger charge is 2.19. The minimum Gasteiger partial charge on any atom is -0.390 e. The molecule has 0 radical (unpaired) electrons. The Balaban J connectivity index is 1.35. The Morgan fingerprint density at radius 3 is 2.62 bits per heavy atom. The summed E-state index contributed by atoms with van der Waals surface area (Å²) in [5.74, 6) is 0.587. The van der Waals surface area contributed by atoms with E-state index in [0.29, 0.717) is 18.9 Å². The Hall–Kier alpha value is -2.57. The third kappa shape index (κ3) is 3.81. The number of nitrogens with zero attached hydrogens (tertiary/aromatic N) is 5. The van der Waals surface area contributed by atoms with Crippen molar-refractivity contribution in [3.8, 4) is 11.4 Å². The molecule has 6 nitrogen and oxygen atoms in total. The standard InChI is InChI=1S/C20H23N5O/c1-15-6-8-17(9-7-15)20-21-23-25(22-20)14-19(26)13-24-11-10-16-4-2-3-5-18(16)12-24/h2-9,19,26H,10-14H2,1H3. The number of aromatic nitrogens is 4. The number of β-amino-alcohol motifs (C(OH)–C–C–N with tert-alkyl or cyclic N) is 1. The summed E-state index contributed by atoms with van der Waals surface area (Å²) in [4.78, 5) is 3.77. The lowest BCUT2D eigenvalue weighted by Crippen LogP contribution is -2.38. The minimum atomic E-state index is -0.527. The largest absolute Gasteiger partial charge is 0.390 e. The van der Waals surface area contributed by atoms with Crippen LogP contribution in [0.5, 0.6) is 0 Å². The molecule has 2 heterocycles. The quantitative estimate of drug-likeness (QED) is 0.764. The van der Waals surface area contributed by atoms with Gasteiger partial charge >= 0.3 is 0 Å². The topological polar surface area (TPSA) is 67.1 Å². The molecule has 1 atom stereocenters. The van der Waals surface area contributed by atoms with Gasteiger partial charge in [-0.25, -0.2) is 0 Å². The molecule has 0 saturated carbocycles. The maximum Gasteiger partial charge on any atom is 0.204 e. The molecule has 0 amide bonds. The van der Waals surface area contributed by atoms with Crippen LogP contribution in [-0.4, -0.2) is 49.4 Å². The van der Waals surface area contributed by atoms with Gasteiger partial charge in [-0.3, -0.25) is 4.90 Å². The summed E-state index contributed by atoms with van der Waals surface area (Å²) >= 11 is 0. The molecule has 1 aromatic heterocycles. The van der Waals surface area contributed by atoms with Crippen molar-refractivity contribution in [1.29, 1.82) is 0 Å². The summed E-state index contributed by atoms with van der Waals surface area (Å²) in [7, 11) is 0. The van der Waals surface area contributed by atoms with Crippen LogP contribution in [0.2, 0.25) is 0 Å². The zero-order valence-electron chi connectivity index (χ0n) is 14.9. The smallest absolute Gasteiger partial charge is 0.204 e. The van der Waals surface area contributed by atoms with Crippen molar-refractivity contribution < 1.29 is 5.11 Å². The maximum absolute atomic E-state index is 10.4. The van der Waals surface area contributed by atoms with Crippen LogP contribution in [0.4, 0.5) is 0 Å². The second kappa shape index (κ2) is 7.35. The first-order valence-electron chi connectivity index (χ1n) is 8.99. The third-order valence-corrected chi connectivity index (χ3v) is 4.82. The van der Waals surface area contributed by atoms with Crippen molar-refractivity contribution >= 4 is 0 Å².